The summed E-state index contributed by atoms with van der Waals surface area (Å²) in [5.41, 5.74) is 4.46. The minimum Gasteiger partial charge on any atom is -0.480 e. The van der Waals surface area contributed by atoms with Crippen molar-refractivity contribution in [2.45, 2.75) is 44.7 Å². The van der Waals surface area contributed by atoms with E-state index in [0.29, 0.717) is 6.42 Å². The number of amides is 2. The molecule has 0 aromatic heterocycles. The third kappa shape index (κ3) is 4.45. The Labute approximate surface area is 175 Å². The molecule has 0 saturated carbocycles. The third-order valence-corrected chi connectivity index (χ3v) is 5.38. The van der Waals surface area contributed by atoms with Crippen molar-refractivity contribution in [1.82, 2.24) is 10.6 Å². The maximum atomic E-state index is 12.4. The number of fused-ring (bicyclic) bond motifs is 3. The van der Waals surface area contributed by atoms with E-state index in [4.69, 9.17) is 9.84 Å². The molecule has 2 amide bonds. The summed E-state index contributed by atoms with van der Waals surface area (Å²) in [6.07, 6.45) is -0.142. The fourth-order valence-electron chi connectivity index (χ4n) is 3.75. The zero-order valence-corrected chi connectivity index (χ0v) is 17.1. The van der Waals surface area contributed by atoms with Gasteiger partial charge in [0.2, 0.25) is 5.91 Å². The average molecular weight is 410 g/mol. The molecule has 0 bridgehead atoms. The number of carbonyl (C=O) groups excluding carboxylic acids is 2. The zero-order valence-electron chi connectivity index (χ0n) is 17.1. The van der Waals surface area contributed by atoms with E-state index in [0.717, 1.165) is 22.3 Å². The standard InChI is InChI=1S/C23H26N2O5/c1-3-19(21(26)24-20(4-2)22(27)28)25-23(29)30-13-18-16-11-7-5-9-14(16)15-10-6-8-12-17(15)18/h5-12,18-20H,3-4,13H2,1-2H3,(H,24,26)(H,25,29)(H,27,28)/t19?,20-/m0/s1. The number of carbonyl (C=O) groups is 3. The summed E-state index contributed by atoms with van der Waals surface area (Å²) < 4.78 is 5.45. The van der Waals surface area contributed by atoms with Gasteiger partial charge >= 0.3 is 12.1 Å². The number of aliphatic carboxylic acids is 1. The van der Waals surface area contributed by atoms with Gasteiger partial charge in [-0.05, 0) is 35.1 Å². The number of carboxylic acid groups (broad SMARTS) is 1. The van der Waals surface area contributed by atoms with Crippen LogP contribution >= 0.6 is 0 Å². The number of rotatable bonds is 8. The zero-order chi connectivity index (χ0) is 21.7. The molecular weight excluding hydrogens is 384 g/mol. The van der Waals surface area contributed by atoms with Crippen molar-refractivity contribution in [2.24, 2.45) is 0 Å². The van der Waals surface area contributed by atoms with Crippen molar-refractivity contribution in [2.75, 3.05) is 6.61 Å². The van der Waals surface area contributed by atoms with Gasteiger partial charge < -0.3 is 20.5 Å². The Balaban J connectivity index is 1.63. The van der Waals surface area contributed by atoms with E-state index < -0.39 is 30.1 Å². The molecule has 2 atom stereocenters. The van der Waals surface area contributed by atoms with E-state index in [1.54, 1.807) is 13.8 Å². The Kier molecular flexibility index (Phi) is 6.72. The van der Waals surface area contributed by atoms with Crippen molar-refractivity contribution in [3.05, 3.63) is 59.7 Å². The van der Waals surface area contributed by atoms with Crippen LogP contribution in [0.4, 0.5) is 4.79 Å². The van der Waals surface area contributed by atoms with E-state index in [1.165, 1.54) is 0 Å². The molecule has 2 aromatic carbocycles. The highest BCUT2D eigenvalue weighted by atomic mass is 16.5. The van der Waals surface area contributed by atoms with Crippen molar-refractivity contribution in [3.8, 4) is 11.1 Å². The second kappa shape index (κ2) is 9.43. The van der Waals surface area contributed by atoms with Crippen LogP contribution in [0.5, 0.6) is 0 Å². The number of benzene rings is 2. The summed E-state index contributed by atoms with van der Waals surface area (Å²) in [6, 6.07) is 14.2. The van der Waals surface area contributed by atoms with Gasteiger partial charge in [0.15, 0.2) is 0 Å². The number of ether oxygens (including phenoxy) is 1. The monoisotopic (exact) mass is 410 g/mol. The number of hydrogen-bond acceptors (Lipinski definition) is 4. The van der Waals surface area contributed by atoms with Crippen molar-refractivity contribution >= 4 is 18.0 Å². The smallest absolute Gasteiger partial charge is 0.407 e. The minimum absolute atomic E-state index is 0.0754. The van der Waals surface area contributed by atoms with E-state index in [2.05, 4.69) is 22.8 Å². The average Bonchev–Trinajstić information content (AvgIpc) is 3.07. The van der Waals surface area contributed by atoms with Gasteiger partial charge in [-0.15, -0.1) is 0 Å². The lowest BCUT2D eigenvalue weighted by atomic mass is 9.98. The normalized spacial score (nSPS) is 14.2. The van der Waals surface area contributed by atoms with Crippen LogP contribution < -0.4 is 10.6 Å². The van der Waals surface area contributed by atoms with Gasteiger partial charge in [0.1, 0.15) is 18.7 Å². The highest BCUT2D eigenvalue weighted by Gasteiger charge is 2.30. The topological polar surface area (TPSA) is 105 Å². The molecular formula is C23H26N2O5. The molecule has 0 aliphatic heterocycles. The highest BCUT2D eigenvalue weighted by Crippen LogP contribution is 2.44. The van der Waals surface area contributed by atoms with Crippen molar-refractivity contribution in [3.63, 3.8) is 0 Å². The highest BCUT2D eigenvalue weighted by molar-refractivity contribution is 5.89. The molecule has 3 rings (SSSR count). The second-order valence-corrected chi connectivity index (χ2v) is 7.24. The van der Waals surface area contributed by atoms with Crippen LogP contribution in [0.25, 0.3) is 11.1 Å². The van der Waals surface area contributed by atoms with Crippen molar-refractivity contribution < 1.29 is 24.2 Å². The molecule has 1 unspecified atom stereocenters. The van der Waals surface area contributed by atoms with E-state index >= 15 is 0 Å². The van der Waals surface area contributed by atoms with E-state index in [1.807, 2.05) is 36.4 Å². The van der Waals surface area contributed by atoms with Crippen LogP contribution in [0.3, 0.4) is 0 Å². The van der Waals surface area contributed by atoms with Crippen LogP contribution in [0.15, 0.2) is 48.5 Å². The fraction of sp³-hybridized carbons (Fsp3) is 0.348. The summed E-state index contributed by atoms with van der Waals surface area (Å²) in [5, 5.41) is 14.1. The number of nitrogens with one attached hydrogen (secondary N) is 2. The SMILES string of the molecule is CCC(NC(=O)OCC1c2ccccc2-c2ccccc21)C(=O)N[C@@H](CC)C(=O)O. The second-order valence-electron chi connectivity index (χ2n) is 7.24. The van der Waals surface area contributed by atoms with Gasteiger partial charge in [0.05, 0.1) is 0 Å². The Bertz CT molecular complexity index is 897. The third-order valence-electron chi connectivity index (χ3n) is 5.38. The predicted molar refractivity (Wildman–Crippen MR) is 112 cm³/mol. The van der Waals surface area contributed by atoms with Crippen LogP contribution in [0.1, 0.15) is 43.7 Å². The number of alkyl carbamates (subject to hydrolysis) is 1. The Hall–Kier alpha value is -3.35. The first kappa shape index (κ1) is 21.4. The Morgan fingerprint density at radius 1 is 0.900 bits per heavy atom. The number of hydrogen-bond donors (Lipinski definition) is 3. The molecule has 3 N–H and O–H groups in total. The molecule has 30 heavy (non-hydrogen) atoms. The van der Waals surface area contributed by atoms with Crippen LogP contribution in [-0.4, -0.2) is 41.8 Å². The van der Waals surface area contributed by atoms with Gasteiger partial charge in [-0.3, -0.25) is 4.79 Å². The maximum Gasteiger partial charge on any atom is 0.407 e. The first-order valence-corrected chi connectivity index (χ1v) is 10.1. The molecule has 0 fully saturated rings. The first-order chi connectivity index (χ1) is 14.5. The quantitative estimate of drug-likeness (QED) is 0.619. The molecule has 0 radical (unpaired) electrons. The summed E-state index contributed by atoms with van der Waals surface area (Å²) in [6.45, 7) is 3.54. The summed E-state index contributed by atoms with van der Waals surface area (Å²) in [7, 11) is 0. The Morgan fingerprint density at radius 2 is 1.43 bits per heavy atom. The lowest BCUT2D eigenvalue weighted by molar-refractivity contribution is -0.142. The van der Waals surface area contributed by atoms with Crippen LogP contribution in [-0.2, 0) is 14.3 Å². The summed E-state index contributed by atoms with van der Waals surface area (Å²) >= 11 is 0. The lowest BCUT2D eigenvalue weighted by Gasteiger charge is -2.20. The molecule has 7 nitrogen and oxygen atoms in total. The number of carboxylic acids is 1. The van der Waals surface area contributed by atoms with Crippen molar-refractivity contribution in [1.29, 1.82) is 0 Å². The van der Waals surface area contributed by atoms with Crippen LogP contribution in [0.2, 0.25) is 0 Å². The minimum atomic E-state index is -1.11. The maximum absolute atomic E-state index is 12.4. The van der Waals surface area contributed by atoms with Gasteiger partial charge in [0.25, 0.3) is 0 Å². The molecule has 0 heterocycles. The van der Waals surface area contributed by atoms with E-state index in [9.17, 15) is 14.4 Å². The molecule has 7 heteroatoms. The fourth-order valence-corrected chi connectivity index (χ4v) is 3.75. The molecule has 0 spiro atoms. The largest absolute Gasteiger partial charge is 0.480 e. The molecule has 2 aromatic rings. The first-order valence-electron chi connectivity index (χ1n) is 10.1. The Morgan fingerprint density at radius 3 is 1.93 bits per heavy atom. The van der Waals surface area contributed by atoms with E-state index in [-0.39, 0.29) is 18.9 Å². The summed E-state index contributed by atoms with van der Waals surface area (Å²) in [5.74, 6) is -1.73. The van der Waals surface area contributed by atoms with Gasteiger partial charge in [-0.2, -0.15) is 0 Å². The summed E-state index contributed by atoms with van der Waals surface area (Å²) in [4.78, 5) is 35.8. The molecule has 1 aliphatic rings. The molecule has 158 valence electrons. The molecule has 1 aliphatic carbocycles. The van der Waals surface area contributed by atoms with Gasteiger partial charge in [-0.1, -0.05) is 62.4 Å². The predicted octanol–water partition coefficient (Wildman–Crippen LogP) is 3.28. The van der Waals surface area contributed by atoms with Crippen LogP contribution in [0, 0.1) is 0 Å². The van der Waals surface area contributed by atoms with Gasteiger partial charge in [-0.25, -0.2) is 9.59 Å². The lowest BCUT2D eigenvalue weighted by Crippen LogP contribution is -2.51. The molecule has 0 saturated heterocycles. The van der Waals surface area contributed by atoms with Gasteiger partial charge in [0, 0.05) is 5.92 Å².